The number of aliphatic hydroxyl groups is 1. The minimum absolute atomic E-state index is 0.0163. The Hall–Kier alpha value is -3.18. The molecular weight excluding hydrogens is 646 g/mol. The molecule has 0 bridgehead atoms. The zero-order chi connectivity index (χ0) is 28.9. The maximum atomic E-state index is 13.5. The fraction of sp³-hybridized carbons (Fsp3) is 0.200. The lowest BCUT2D eigenvalue weighted by molar-refractivity contribution is -0.132. The van der Waals surface area contributed by atoms with Crippen molar-refractivity contribution in [3.8, 4) is 5.75 Å². The Balaban J connectivity index is 1.49. The molecule has 41 heavy (non-hydrogen) atoms. The van der Waals surface area contributed by atoms with E-state index < -0.39 is 17.7 Å². The normalized spacial score (nSPS) is 16.4. The van der Waals surface area contributed by atoms with Crippen molar-refractivity contribution in [3.63, 3.8) is 0 Å². The van der Waals surface area contributed by atoms with Gasteiger partial charge in [0.1, 0.15) is 11.5 Å². The molecule has 3 aromatic carbocycles. The van der Waals surface area contributed by atoms with Crippen molar-refractivity contribution in [3.05, 3.63) is 105 Å². The summed E-state index contributed by atoms with van der Waals surface area (Å²) in [4.78, 5) is 28.2. The number of amides is 1. The Morgan fingerprint density at radius 2 is 1.80 bits per heavy atom. The van der Waals surface area contributed by atoms with E-state index in [9.17, 15) is 14.7 Å². The van der Waals surface area contributed by atoms with Gasteiger partial charge in [0.05, 0.1) is 18.2 Å². The molecular formula is C30H25BrClN3O4S2. The Kier molecular flexibility index (Phi) is 9.44. The number of carbonyl (C=O) groups is 2. The first-order chi connectivity index (χ1) is 19.9. The molecule has 1 aliphatic rings. The van der Waals surface area contributed by atoms with Crippen molar-refractivity contribution >= 4 is 73.2 Å². The summed E-state index contributed by atoms with van der Waals surface area (Å²) < 4.78 is 7.18. The highest BCUT2D eigenvalue weighted by Gasteiger charge is 2.48. The van der Waals surface area contributed by atoms with Crippen LogP contribution in [0.2, 0.25) is 5.02 Å². The zero-order valence-corrected chi connectivity index (χ0v) is 25.9. The molecule has 0 spiro atoms. The molecule has 0 radical (unpaired) electrons. The number of aliphatic hydroxyl groups excluding tert-OH is 1. The summed E-state index contributed by atoms with van der Waals surface area (Å²) in [5.41, 5.74) is 1.99. The Labute approximate surface area is 259 Å². The molecule has 11 heteroatoms. The second-order valence-corrected chi connectivity index (χ2v) is 12.7. The van der Waals surface area contributed by atoms with Crippen LogP contribution in [0.4, 0.5) is 5.13 Å². The second kappa shape index (κ2) is 13.2. The van der Waals surface area contributed by atoms with Gasteiger partial charge < -0.3 is 9.84 Å². The number of benzene rings is 3. The summed E-state index contributed by atoms with van der Waals surface area (Å²) in [5.74, 6) is -0.606. The molecule has 1 N–H and O–H groups in total. The second-order valence-electron chi connectivity index (χ2n) is 9.18. The van der Waals surface area contributed by atoms with E-state index in [4.69, 9.17) is 16.3 Å². The average molecular weight is 671 g/mol. The van der Waals surface area contributed by atoms with Crippen molar-refractivity contribution in [2.24, 2.45) is 0 Å². The van der Waals surface area contributed by atoms with Crippen LogP contribution in [0, 0.1) is 0 Å². The van der Waals surface area contributed by atoms with Crippen LogP contribution in [0.3, 0.4) is 0 Å². The number of nitrogens with zero attached hydrogens (tertiary/aromatic N) is 3. The van der Waals surface area contributed by atoms with Gasteiger partial charge in [-0.25, -0.2) is 0 Å². The summed E-state index contributed by atoms with van der Waals surface area (Å²) in [5, 5.41) is 20.8. The summed E-state index contributed by atoms with van der Waals surface area (Å²) in [6.45, 7) is 2.68. The summed E-state index contributed by atoms with van der Waals surface area (Å²) in [6.07, 6.45) is 1.95. The van der Waals surface area contributed by atoms with E-state index in [1.54, 1.807) is 36.4 Å². The molecule has 1 atom stereocenters. The summed E-state index contributed by atoms with van der Waals surface area (Å²) in [7, 11) is 0. The largest absolute Gasteiger partial charge is 0.507 e. The number of halogens is 2. The van der Waals surface area contributed by atoms with Gasteiger partial charge in [-0.1, -0.05) is 94.3 Å². The van der Waals surface area contributed by atoms with Crippen LogP contribution in [0.1, 0.15) is 42.5 Å². The summed E-state index contributed by atoms with van der Waals surface area (Å²) in [6, 6.07) is 20.7. The van der Waals surface area contributed by atoms with Gasteiger partial charge in [-0.2, -0.15) is 0 Å². The van der Waals surface area contributed by atoms with Gasteiger partial charge in [0.15, 0.2) is 4.34 Å². The molecule has 5 rings (SSSR count). The predicted octanol–water partition coefficient (Wildman–Crippen LogP) is 8.05. The van der Waals surface area contributed by atoms with Gasteiger partial charge in [-0.05, 0) is 60.0 Å². The Morgan fingerprint density at radius 3 is 2.51 bits per heavy atom. The maximum Gasteiger partial charge on any atom is 0.301 e. The third kappa shape index (κ3) is 6.51. The van der Waals surface area contributed by atoms with E-state index in [2.05, 4.69) is 33.1 Å². The SMILES string of the molecule is CCCCOc1ccc(C(O)=C2C(=O)C(=O)N(c3nnc(SCc4ccccc4Cl)s3)C2c2ccc(Br)cc2)cc1. The third-order valence-electron chi connectivity index (χ3n) is 6.44. The van der Waals surface area contributed by atoms with Crippen LogP contribution in [-0.4, -0.2) is 33.6 Å². The fourth-order valence-corrected chi connectivity index (χ4v) is 6.72. The van der Waals surface area contributed by atoms with Gasteiger partial charge in [-0.3, -0.25) is 14.5 Å². The van der Waals surface area contributed by atoms with Crippen molar-refractivity contribution in [1.82, 2.24) is 10.2 Å². The molecule has 0 saturated carbocycles. The highest BCUT2D eigenvalue weighted by atomic mass is 79.9. The molecule has 1 unspecified atom stereocenters. The standard InChI is InChI=1S/C30H25BrClN3O4S2/c1-2-3-16-39-22-14-10-19(11-15-22)26(36)24-25(18-8-12-21(31)13-9-18)35(28(38)27(24)37)29-33-34-30(41-29)40-17-20-6-4-5-7-23(20)32/h4-15,25,36H,2-3,16-17H2,1H3. The Morgan fingerprint density at radius 1 is 1.07 bits per heavy atom. The van der Waals surface area contributed by atoms with E-state index in [0.717, 1.165) is 22.9 Å². The lowest BCUT2D eigenvalue weighted by atomic mass is 9.95. The number of rotatable bonds is 10. The highest BCUT2D eigenvalue weighted by molar-refractivity contribution is 9.10. The van der Waals surface area contributed by atoms with Gasteiger partial charge in [0.2, 0.25) is 5.13 Å². The topological polar surface area (TPSA) is 92.6 Å². The molecule has 0 aliphatic carbocycles. The summed E-state index contributed by atoms with van der Waals surface area (Å²) >= 11 is 12.4. The predicted molar refractivity (Wildman–Crippen MR) is 167 cm³/mol. The van der Waals surface area contributed by atoms with E-state index in [1.165, 1.54) is 28.0 Å². The minimum Gasteiger partial charge on any atom is -0.507 e. The molecule has 7 nitrogen and oxygen atoms in total. The molecule has 4 aromatic rings. The van der Waals surface area contributed by atoms with Crippen molar-refractivity contribution in [2.45, 2.75) is 35.9 Å². The fourth-order valence-electron chi connectivity index (χ4n) is 4.30. The first-order valence-corrected chi connectivity index (χ1v) is 15.8. The zero-order valence-electron chi connectivity index (χ0n) is 21.9. The van der Waals surface area contributed by atoms with Crippen LogP contribution < -0.4 is 9.64 Å². The van der Waals surface area contributed by atoms with Crippen LogP contribution in [-0.2, 0) is 15.3 Å². The van der Waals surface area contributed by atoms with E-state index >= 15 is 0 Å². The number of anilines is 1. The van der Waals surface area contributed by atoms with Crippen molar-refractivity contribution < 1.29 is 19.4 Å². The van der Waals surface area contributed by atoms with Gasteiger partial charge >= 0.3 is 5.91 Å². The molecule has 1 saturated heterocycles. The molecule has 1 aromatic heterocycles. The average Bonchev–Trinajstić information content (AvgIpc) is 3.55. The van der Waals surface area contributed by atoms with Crippen LogP contribution in [0.15, 0.2) is 87.2 Å². The van der Waals surface area contributed by atoms with E-state index in [1.807, 2.05) is 36.4 Å². The lowest BCUT2D eigenvalue weighted by Crippen LogP contribution is -2.29. The number of carbonyl (C=O) groups excluding carboxylic acids is 2. The molecule has 1 fully saturated rings. The lowest BCUT2D eigenvalue weighted by Gasteiger charge is -2.22. The maximum absolute atomic E-state index is 13.5. The number of hydrogen-bond acceptors (Lipinski definition) is 8. The molecule has 210 valence electrons. The molecule has 1 amide bonds. The van der Waals surface area contributed by atoms with Crippen LogP contribution in [0.25, 0.3) is 5.76 Å². The Bertz CT molecular complexity index is 1590. The van der Waals surface area contributed by atoms with Crippen molar-refractivity contribution in [1.29, 1.82) is 0 Å². The highest BCUT2D eigenvalue weighted by Crippen LogP contribution is 2.44. The number of ether oxygens (including phenoxy) is 1. The van der Waals surface area contributed by atoms with Gasteiger partial charge in [0.25, 0.3) is 5.78 Å². The number of Topliss-reactive ketones (excluding diaryl/α,β-unsaturated/α-hetero) is 1. The first kappa shape index (κ1) is 29.3. The number of aromatic nitrogens is 2. The van der Waals surface area contributed by atoms with E-state index in [-0.39, 0.29) is 16.5 Å². The van der Waals surface area contributed by atoms with Gasteiger partial charge in [-0.15, -0.1) is 10.2 Å². The minimum atomic E-state index is -0.891. The number of unbranched alkanes of at least 4 members (excludes halogenated alkanes) is 1. The first-order valence-electron chi connectivity index (χ1n) is 12.9. The molecule has 2 heterocycles. The number of thioether (sulfide) groups is 1. The number of ketones is 1. The van der Waals surface area contributed by atoms with Crippen molar-refractivity contribution in [2.75, 3.05) is 11.5 Å². The monoisotopic (exact) mass is 669 g/mol. The van der Waals surface area contributed by atoms with Crippen LogP contribution in [0.5, 0.6) is 5.75 Å². The molecule has 1 aliphatic heterocycles. The van der Waals surface area contributed by atoms with Gasteiger partial charge in [0, 0.05) is 20.8 Å². The van der Waals surface area contributed by atoms with Crippen LogP contribution >= 0.6 is 50.6 Å². The quantitative estimate of drug-likeness (QED) is 0.0456. The number of hydrogen-bond donors (Lipinski definition) is 1. The third-order valence-corrected chi connectivity index (χ3v) is 9.44. The van der Waals surface area contributed by atoms with E-state index in [0.29, 0.717) is 38.6 Å². The smallest absolute Gasteiger partial charge is 0.301 e.